The second-order valence-corrected chi connectivity index (χ2v) is 5.91. The molecule has 1 aliphatic rings. The van der Waals surface area contributed by atoms with Gasteiger partial charge in [-0.15, -0.1) is 0 Å². The summed E-state index contributed by atoms with van der Waals surface area (Å²) in [4.78, 5) is 23.3. The van der Waals surface area contributed by atoms with Crippen molar-refractivity contribution in [1.82, 2.24) is 0 Å². The van der Waals surface area contributed by atoms with E-state index in [0.29, 0.717) is 12.0 Å². The normalized spacial score (nSPS) is 16.8. The van der Waals surface area contributed by atoms with Crippen molar-refractivity contribution in [3.05, 3.63) is 27.2 Å². The van der Waals surface area contributed by atoms with E-state index in [-0.39, 0.29) is 40.2 Å². The molecule has 0 radical (unpaired) electrons. The van der Waals surface area contributed by atoms with Crippen LogP contribution < -0.4 is 4.65 Å². The lowest BCUT2D eigenvalue weighted by Gasteiger charge is -2.29. The summed E-state index contributed by atoms with van der Waals surface area (Å²) >= 11 is 12.2. The Hall–Kier alpha value is -1.24. The Labute approximate surface area is 138 Å². The number of esters is 1. The molecule has 1 heterocycles. The molecule has 1 aliphatic heterocycles. The van der Waals surface area contributed by atoms with Gasteiger partial charge in [0.25, 0.3) is 0 Å². The first-order valence-electron chi connectivity index (χ1n) is 6.87. The molecule has 0 aliphatic carbocycles. The highest BCUT2D eigenvalue weighted by Gasteiger charge is 2.39. The average molecular weight is 345 g/mol. The highest BCUT2D eigenvalue weighted by molar-refractivity contribution is 6.48. The van der Waals surface area contributed by atoms with Gasteiger partial charge in [0.15, 0.2) is 0 Å². The zero-order chi connectivity index (χ0) is 16.4. The van der Waals surface area contributed by atoms with Crippen LogP contribution in [0.3, 0.4) is 0 Å². The van der Waals surface area contributed by atoms with Crippen molar-refractivity contribution in [1.29, 1.82) is 0 Å². The Morgan fingerprint density at radius 2 is 2.18 bits per heavy atom. The summed E-state index contributed by atoms with van der Waals surface area (Å²) in [5.74, 6) is -0.939. The van der Waals surface area contributed by atoms with Crippen LogP contribution in [0.15, 0.2) is 6.07 Å². The van der Waals surface area contributed by atoms with E-state index in [1.54, 1.807) is 6.92 Å². The molecule has 8 heteroatoms. The lowest BCUT2D eigenvalue weighted by Crippen LogP contribution is -2.36. The van der Waals surface area contributed by atoms with Crippen LogP contribution in [0.4, 0.5) is 0 Å². The van der Waals surface area contributed by atoms with Gasteiger partial charge in [-0.3, -0.25) is 0 Å². The molecule has 1 aromatic carbocycles. The van der Waals surface area contributed by atoms with Gasteiger partial charge in [0.05, 0.1) is 16.7 Å². The van der Waals surface area contributed by atoms with E-state index in [1.807, 2.05) is 0 Å². The van der Waals surface area contributed by atoms with Crippen LogP contribution in [-0.2, 0) is 16.0 Å². The van der Waals surface area contributed by atoms with Gasteiger partial charge in [0.2, 0.25) is 0 Å². The third kappa shape index (κ3) is 3.40. The number of ether oxygens (including phenoxy) is 1. The molecule has 1 atom stereocenters. The molecule has 0 fully saturated rings. The number of rotatable bonds is 4. The van der Waals surface area contributed by atoms with Crippen LogP contribution in [0.25, 0.3) is 0 Å². The number of Topliss-reactive ketones (excluding diaryl/α,β-unsaturated/α-hetero) is 1. The van der Waals surface area contributed by atoms with E-state index in [0.717, 1.165) is 0 Å². The number of ketones is 1. The van der Waals surface area contributed by atoms with Crippen molar-refractivity contribution < 1.29 is 24.0 Å². The summed E-state index contributed by atoms with van der Waals surface area (Å²) in [6.07, 6.45) is 0.445. The molecule has 1 N–H and O–H groups in total. The largest absolute Gasteiger partial charge is 0.535 e. The molecule has 118 valence electrons. The minimum atomic E-state index is -1.19. The van der Waals surface area contributed by atoms with Crippen molar-refractivity contribution in [2.24, 2.45) is 0 Å². The van der Waals surface area contributed by atoms with Crippen LogP contribution in [0, 0.1) is 0 Å². The number of benzene rings is 1. The Kier molecular flexibility index (Phi) is 5.37. The summed E-state index contributed by atoms with van der Waals surface area (Å²) in [7, 11) is -1.19. The number of hydrogen-bond donors (Lipinski definition) is 1. The fraction of sp³-hybridized carbons (Fsp3) is 0.429. The first kappa shape index (κ1) is 17.1. The van der Waals surface area contributed by atoms with Gasteiger partial charge < -0.3 is 19.2 Å². The van der Waals surface area contributed by atoms with Crippen LogP contribution in [-0.4, -0.2) is 30.5 Å². The maximum Gasteiger partial charge on any atom is 0.526 e. The maximum atomic E-state index is 12.0. The second-order valence-electron chi connectivity index (χ2n) is 5.13. The molecule has 0 aromatic heterocycles. The Bertz CT molecular complexity index is 620. The molecule has 0 spiro atoms. The van der Waals surface area contributed by atoms with Gasteiger partial charge in [-0.05, 0) is 26.3 Å². The van der Waals surface area contributed by atoms with E-state index in [4.69, 9.17) is 32.6 Å². The van der Waals surface area contributed by atoms with E-state index in [1.165, 1.54) is 13.0 Å². The van der Waals surface area contributed by atoms with E-state index in [9.17, 15) is 14.6 Å². The zero-order valence-electron chi connectivity index (χ0n) is 12.2. The number of fused-ring (bicyclic) bond motifs is 1. The SMILES string of the molecule is CCOC(=O)c1cc(Cl)c(Cl)c2c1OB(O)[C@@H](CC(C)=O)C2. The number of halogens is 2. The summed E-state index contributed by atoms with van der Waals surface area (Å²) < 4.78 is 10.4. The fourth-order valence-electron chi connectivity index (χ4n) is 2.46. The van der Waals surface area contributed by atoms with Crippen molar-refractivity contribution >= 4 is 42.1 Å². The van der Waals surface area contributed by atoms with Crippen LogP contribution >= 0.6 is 23.2 Å². The molecular formula is C14H15BCl2O5. The van der Waals surface area contributed by atoms with Gasteiger partial charge in [-0.25, -0.2) is 4.79 Å². The zero-order valence-corrected chi connectivity index (χ0v) is 13.7. The van der Waals surface area contributed by atoms with Crippen LogP contribution in [0.2, 0.25) is 15.9 Å². The first-order valence-corrected chi connectivity index (χ1v) is 7.62. The predicted octanol–water partition coefficient (Wildman–Crippen LogP) is 2.93. The standard InChI is InChI=1S/C14H15BCl2O5/c1-3-21-14(19)10-6-11(16)12(17)9-5-8(4-7(2)18)15(20)22-13(9)10/h6,8,20H,3-5H2,1-2H3/t8-/m0/s1. The van der Waals surface area contributed by atoms with E-state index in [2.05, 4.69) is 0 Å². The van der Waals surface area contributed by atoms with E-state index >= 15 is 0 Å². The van der Waals surface area contributed by atoms with Crippen molar-refractivity contribution in [2.75, 3.05) is 6.61 Å². The monoisotopic (exact) mass is 344 g/mol. The number of hydrogen-bond acceptors (Lipinski definition) is 5. The summed E-state index contributed by atoms with van der Waals surface area (Å²) in [5, 5.41) is 10.5. The van der Waals surface area contributed by atoms with Crippen molar-refractivity contribution in [3.8, 4) is 5.75 Å². The first-order chi connectivity index (χ1) is 10.3. The Morgan fingerprint density at radius 3 is 2.77 bits per heavy atom. The topological polar surface area (TPSA) is 72.8 Å². The van der Waals surface area contributed by atoms with Gasteiger partial charge in [0, 0.05) is 17.8 Å². The third-order valence-electron chi connectivity index (χ3n) is 3.42. The highest BCUT2D eigenvalue weighted by atomic mass is 35.5. The van der Waals surface area contributed by atoms with Crippen molar-refractivity contribution in [3.63, 3.8) is 0 Å². The molecule has 2 rings (SSSR count). The molecule has 0 unspecified atom stereocenters. The molecule has 22 heavy (non-hydrogen) atoms. The number of carbonyl (C=O) groups is 2. The summed E-state index contributed by atoms with van der Waals surface area (Å²) in [6.45, 7) is 3.32. The average Bonchev–Trinajstić information content (AvgIpc) is 2.44. The summed E-state index contributed by atoms with van der Waals surface area (Å²) in [5.41, 5.74) is 0.625. The van der Waals surface area contributed by atoms with Crippen LogP contribution in [0.1, 0.15) is 36.2 Å². The third-order valence-corrected chi connectivity index (χ3v) is 4.24. The maximum absolute atomic E-state index is 12.0. The lowest BCUT2D eigenvalue weighted by molar-refractivity contribution is -0.117. The Morgan fingerprint density at radius 1 is 1.50 bits per heavy atom. The minimum Gasteiger partial charge on any atom is -0.535 e. The Balaban J connectivity index is 2.46. The minimum absolute atomic E-state index is 0.0696. The molecular weight excluding hydrogens is 330 g/mol. The van der Waals surface area contributed by atoms with Gasteiger partial charge in [-0.2, -0.15) is 0 Å². The smallest absolute Gasteiger partial charge is 0.526 e. The molecule has 0 amide bonds. The highest BCUT2D eigenvalue weighted by Crippen LogP contribution is 2.43. The molecule has 0 bridgehead atoms. The fourth-order valence-corrected chi connectivity index (χ4v) is 2.90. The van der Waals surface area contributed by atoms with Gasteiger partial charge in [-0.1, -0.05) is 23.2 Å². The molecule has 5 nitrogen and oxygen atoms in total. The molecule has 0 saturated heterocycles. The van der Waals surface area contributed by atoms with Gasteiger partial charge >= 0.3 is 13.1 Å². The van der Waals surface area contributed by atoms with Gasteiger partial charge in [0.1, 0.15) is 17.1 Å². The quantitative estimate of drug-likeness (QED) is 0.671. The summed E-state index contributed by atoms with van der Waals surface area (Å²) in [6, 6.07) is 1.36. The molecule has 0 saturated carbocycles. The second kappa shape index (κ2) is 6.90. The van der Waals surface area contributed by atoms with Crippen molar-refractivity contribution in [2.45, 2.75) is 32.5 Å². The lowest BCUT2D eigenvalue weighted by atomic mass is 9.64. The molecule has 1 aromatic rings. The van der Waals surface area contributed by atoms with E-state index < -0.39 is 18.9 Å². The number of carbonyl (C=O) groups excluding carboxylic acids is 2. The predicted molar refractivity (Wildman–Crippen MR) is 83.8 cm³/mol. The van der Waals surface area contributed by atoms with Crippen LogP contribution in [0.5, 0.6) is 5.75 Å².